The second-order valence-corrected chi connectivity index (χ2v) is 5.08. The Hall–Kier alpha value is -0.860. The molecule has 0 aromatic heterocycles. The Balaban J connectivity index is 1.78. The van der Waals surface area contributed by atoms with Crippen LogP contribution in [-0.4, -0.2) is 23.8 Å². The van der Waals surface area contributed by atoms with Crippen LogP contribution in [0.1, 0.15) is 37.3 Å². The van der Waals surface area contributed by atoms with Gasteiger partial charge in [-0.05, 0) is 30.9 Å². The van der Waals surface area contributed by atoms with Crippen LogP contribution in [-0.2, 0) is 6.42 Å². The third-order valence-electron chi connectivity index (χ3n) is 3.62. The summed E-state index contributed by atoms with van der Waals surface area (Å²) < 4.78 is 0. The van der Waals surface area contributed by atoms with Crippen molar-refractivity contribution in [3.8, 4) is 0 Å². The molecule has 0 heterocycles. The molecule has 1 aliphatic rings. The average Bonchev–Trinajstić information content (AvgIpc) is 2.25. The molecular formula is C14H21NO. The monoisotopic (exact) mass is 219 g/mol. The molecule has 2 rings (SSSR count). The number of hydrogen-bond donors (Lipinski definition) is 2. The van der Waals surface area contributed by atoms with Gasteiger partial charge in [0.2, 0.25) is 0 Å². The number of rotatable bonds is 5. The first kappa shape index (κ1) is 11.6. The van der Waals surface area contributed by atoms with E-state index in [2.05, 4.69) is 29.6 Å². The van der Waals surface area contributed by atoms with Crippen LogP contribution in [0.25, 0.3) is 0 Å². The minimum atomic E-state index is -0.566. The minimum Gasteiger partial charge on any atom is -0.389 e. The van der Waals surface area contributed by atoms with E-state index >= 15 is 0 Å². The smallest absolute Gasteiger partial charge is 0.0740 e. The molecule has 88 valence electrons. The maximum Gasteiger partial charge on any atom is 0.0740 e. The first-order chi connectivity index (χ1) is 7.62. The number of aliphatic hydroxyl groups is 1. The molecule has 1 aromatic carbocycles. The highest BCUT2D eigenvalue weighted by molar-refractivity contribution is 5.40. The van der Waals surface area contributed by atoms with E-state index in [1.54, 1.807) is 0 Å². The molecule has 2 nitrogen and oxygen atoms in total. The molecule has 0 spiro atoms. The molecule has 2 heteroatoms. The maximum atomic E-state index is 9.86. The summed E-state index contributed by atoms with van der Waals surface area (Å²) in [6, 6.07) is 8.62. The number of fused-ring (bicyclic) bond motifs is 1. The fourth-order valence-electron chi connectivity index (χ4n) is 2.19. The van der Waals surface area contributed by atoms with Gasteiger partial charge in [0.25, 0.3) is 0 Å². The van der Waals surface area contributed by atoms with E-state index in [0.717, 1.165) is 13.0 Å². The second-order valence-electron chi connectivity index (χ2n) is 5.08. The summed E-state index contributed by atoms with van der Waals surface area (Å²) in [4.78, 5) is 0. The molecule has 0 amide bonds. The van der Waals surface area contributed by atoms with E-state index in [1.165, 1.54) is 17.5 Å². The Morgan fingerprint density at radius 3 is 2.88 bits per heavy atom. The van der Waals surface area contributed by atoms with Gasteiger partial charge in [-0.25, -0.2) is 0 Å². The maximum absolute atomic E-state index is 9.86. The molecule has 1 aliphatic carbocycles. The van der Waals surface area contributed by atoms with Crippen LogP contribution in [0.15, 0.2) is 24.3 Å². The summed E-state index contributed by atoms with van der Waals surface area (Å²) in [6.07, 6.45) is 1.97. The van der Waals surface area contributed by atoms with Crippen molar-refractivity contribution in [1.29, 1.82) is 0 Å². The molecule has 0 bridgehead atoms. The van der Waals surface area contributed by atoms with Gasteiger partial charge < -0.3 is 10.4 Å². The van der Waals surface area contributed by atoms with Crippen LogP contribution in [0.3, 0.4) is 0 Å². The number of benzene rings is 1. The van der Waals surface area contributed by atoms with Crippen molar-refractivity contribution in [3.63, 3.8) is 0 Å². The fraction of sp³-hybridized carbons (Fsp3) is 0.571. The largest absolute Gasteiger partial charge is 0.389 e. The topological polar surface area (TPSA) is 32.3 Å². The first-order valence-corrected chi connectivity index (χ1v) is 6.13. The summed E-state index contributed by atoms with van der Waals surface area (Å²) in [5.41, 5.74) is 2.39. The van der Waals surface area contributed by atoms with Gasteiger partial charge in [0.1, 0.15) is 0 Å². The molecule has 2 N–H and O–H groups in total. The van der Waals surface area contributed by atoms with Crippen molar-refractivity contribution in [2.24, 2.45) is 0 Å². The molecule has 1 aromatic rings. The molecule has 0 saturated carbocycles. The third kappa shape index (κ3) is 2.45. The molecular weight excluding hydrogens is 198 g/mol. The van der Waals surface area contributed by atoms with Gasteiger partial charge in [0.15, 0.2) is 0 Å². The lowest BCUT2D eigenvalue weighted by molar-refractivity contribution is 0.0555. The van der Waals surface area contributed by atoms with Crippen molar-refractivity contribution in [2.45, 2.75) is 38.2 Å². The molecule has 0 saturated heterocycles. The summed E-state index contributed by atoms with van der Waals surface area (Å²) in [5, 5.41) is 13.2. The Morgan fingerprint density at radius 1 is 1.44 bits per heavy atom. The van der Waals surface area contributed by atoms with Crippen LogP contribution in [0, 0.1) is 0 Å². The lowest BCUT2D eigenvalue weighted by Gasteiger charge is -2.31. The van der Waals surface area contributed by atoms with Crippen molar-refractivity contribution >= 4 is 0 Å². The summed E-state index contributed by atoms with van der Waals surface area (Å²) in [6.45, 7) is 5.56. The summed E-state index contributed by atoms with van der Waals surface area (Å²) >= 11 is 0. The zero-order chi connectivity index (χ0) is 11.6. The Bertz CT molecular complexity index is 360. The molecule has 2 unspecified atom stereocenters. The van der Waals surface area contributed by atoms with E-state index in [0.29, 0.717) is 12.5 Å². The van der Waals surface area contributed by atoms with Gasteiger partial charge in [-0.15, -0.1) is 0 Å². The first-order valence-electron chi connectivity index (χ1n) is 6.13. The van der Waals surface area contributed by atoms with Crippen LogP contribution in [0.5, 0.6) is 0 Å². The standard InChI is InChI=1S/C14H21NO/c1-3-14(2,16)10-15-9-12-8-11-6-4-5-7-13(11)12/h4-7,12,15-16H,3,8-10H2,1-2H3. The molecule has 0 aliphatic heterocycles. The van der Waals surface area contributed by atoms with Crippen LogP contribution in [0.4, 0.5) is 0 Å². The van der Waals surface area contributed by atoms with E-state index in [1.807, 2.05) is 13.8 Å². The van der Waals surface area contributed by atoms with Crippen LogP contribution in [0.2, 0.25) is 0 Å². The Labute approximate surface area is 97.7 Å². The van der Waals surface area contributed by atoms with Crippen molar-refractivity contribution in [2.75, 3.05) is 13.1 Å². The predicted molar refractivity (Wildman–Crippen MR) is 66.7 cm³/mol. The van der Waals surface area contributed by atoms with E-state index in [-0.39, 0.29) is 0 Å². The van der Waals surface area contributed by atoms with Gasteiger partial charge in [0.05, 0.1) is 5.60 Å². The van der Waals surface area contributed by atoms with Crippen molar-refractivity contribution < 1.29 is 5.11 Å². The highest BCUT2D eigenvalue weighted by Crippen LogP contribution is 2.33. The Kier molecular flexibility index (Phi) is 3.31. The SMILES string of the molecule is CCC(C)(O)CNCC1Cc2ccccc21. The molecule has 0 radical (unpaired) electrons. The van der Waals surface area contributed by atoms with E-state index < -0.39 is 5.60 Å². The highest BCUT2D eigenvalue weighted by Gasteiger charge is 2.25. The van der Waals surface area contributed by atoms with Crippen molar-refractivity contribution in [1.82, 2.24) is 5.32 Å². The zero-order valence-corrected chi connectivity index (χ0v) is 10.2. The summed E-state index contributed by atoms with van der Waals surface area (Å²) in [7, 11) is 0. The van der Waals surface area contributed by atoms with E-state index in [4.69, 9.17) is 0 Å². The van der Waals surface area contributed by atoms with Crippen molar-refractivity contribution in [3.05, 3.63) is 35.4 Å². The van der Waals surface area contributed by atoms with Crippen LogP contribution < -0.4 is 5.32 Å². The van der Waals surface area contributed by atoms with Gasteiger partial charge in [-0.2, -0.15) is 0 Å². The third-order valence-corrected chi connectivity index (χ3v) is 3.62. The zero-order valence-electron chi connectivity index (χ0n) is 10.2. The van der Waals surface area contributed by atoms with E-state index in [9.17, 15) is 5.11 Å². The highest BCUT2D eigenvalue weighted by atomic mass is 16.3. The van der Waals surface area contributed by atoms with Gasteiger partial charge in [-0.3, -0.25) is 0 Å². The normalized spacial score (nSPS) is 22.1. The second kappa shape index (κ2) is 4.56. The predicted octanol–water partition coefficient (Wildman–Crippen LogP) is 2.08. The lowest BCUT2D eigenvalue weighted by Crippen LogP contribution is -2.40. The van der Waals surface area contributed by atoms with Crippen LogP contribution >= 0.6 is 0 Å². The van der Waals surface area contributed by atoms with Gasteiger partial charge in [0, 0.05) is 19.0 Å². The van der Waals surface area contributed by atoms with Gasteiger partial charge >= 0.3 is 0 Å². The quantitative estimate of drug-likeness (QED) is 0.794. The minimum absolute atomic E-state index is 0.566. The fourth-order valence-corrected chi connectivity index (χ4v) is 2.19. The number of nitrogens with one attached hydrogen (secondary N) is 1. The number of hydrogen-bond acceptors (Lipinski definition) is 2. The average molecular weight is 219 g/mol. The molecule has 2 atom stereocenters. The van der Waals surface area contributed by atoms with Gasteiger partial charge in [-0.1, -0.05) is 31.2 Å². The Morgan fingerprint density at radius 2 is 2.19 bits per heavy atom. The molecule has 0 fully saturated rings. The lowest BCUT2D eigenvalue weighted by atomic mass is 9.77. The molecule has 16 heavy (non-hydrogen) atoms. The summed E-state index contributed by atoms with van der Waals surface area (Å²) in [5.74, 6) is 0.642.